The highest BCUT2D eigenvalue weighted by Crippen LogP contribution is 2.26. The van der Waals surface area contributed by atoms with E-state index in [2.05, 4.69) is 69.4 Å². The Labute approximate surface area is 122 Å². The molecule has 2 rings (SSSR count). The predicted octanol–water partition coefficient (Wildman–Crippen LogP) is 4.66. The van der Waals surface area contributed by atoms with Crippen LogP contribution in [0.3, 0.4) is 0 Å². The monoisotopic (exact) mass is 271 g/mol. The second-order valence-electron chi connectivity index (χ2n) is 5.47. The molecule has 1 atom stereocenters. The van der Waals surface area contributed by atoms with Crippen LogP contribution in [-0.4, -0.2) is 6.54 Å². The van der Waals surface area contributed by atoms with Gasteiger partial charge in [0.05, 0.1) is 6.04 Å². The fourth-order valence-corrected chi connectivity index (χ4v) is 2.40. The van der Waals surface area contributed by atoms with Crippen molar-refractivity contribution in [1.29, 1.82) is 0 Å². The second-order valence-corrected chi connectivity index (χ2v) is 5.47. The van der Waals surface area contributed by atoms with E-state index in [1.165, 1.54) is 11.1 Å². The van der Waals surface area contributed by atoms with Gasteiger partial charge in [-0.3, -0.25) is 0 Å². The van der Waals surface area contributed by atoms with Gasteiger partial charge in [-0.05, 0) is 35.7 Å². The summed E-state index contributed by atoms with van der Waals surface area (Å²) in [5.74, 6) is 2.61. The van der Waals surface area contributed by atoms with Gasteiger partial charge in [-0.1, -0.05) is 52.0 Å². The van der Waals surface area contributed by atoms with Gasteiger partial charge in [-0.2, -0.15) is 0 Å². The third kappa shape index (κ3) is 3.31. The Morgan fingerprint density at radius 3 is 2.10 bits per heavy atom. The lowest BCUT2D eigenvalue weighted by Crippen LogP contribution is -2.21. The molecular weight excluding hydrogens is 246 g/mol. The molecule has 0 aliphatic carbocycles. The van der Waals surface area contributed by atoms with Crippen molar-refractivity contribution in [3.8, 4) is 0 Å². The molecule has 2 aromatic rings. The van der Waals surface area contributed by atoms with Crippen LogP contribution in [0.4, 0.5) is 0 Å². The lowest BCUT2D eigenvalue weighted by molar-refractivity contribution is 0.426. The summed E-state index contributed by atoms with van der Waals surface area (Å²) in [6, 6.07) is 13.1. The van der Waals surface area contributed by atoms with Gasteiger partial charge in [0.25, 0.3) is 0 Å². The third-order valence-electron chi connectivity index (χ3n) is 3.66. The summed E-state index contributed by atoms with van der Waals surface area (Å²) in [7, 11) is 0. The minimum atomic E-state index is 0.140. The molecule has 2 heteroatoms. The van der Waals surface area contributed by atoms with Gasteiger partial charge < -0.3 is 9.73 Å². The largest absolute Gasteiger partial charge is 0.464 e. The van der Waals surface area contributed by atoms with E-state index in [1.54, 1.807) is 0 Å². The number of furan rings is 1. The number of nitrogens with one attached hydrogen (secondary N) is 1. The molecule has 0 radical (unpaired) electrons. The van der Waals surface area contributed by atoms with Crippen molar-refractivity contribution in [2.24, 2.45) is 0 Å². The molecule has 0 aliphatic rings. The van der Waals surface area contributed by atoms with Gasteiger partial charge in [0.1, 0.15) is 11.5 Å². The van der Waals surface area contributed by atoms with Crippen molar-refractivity contribution in [2.45, 2.75) is 46.1 Å². The van der Waals surface area contributed by atoms with Crippen molar-refractivity contribution in [3.63, 3.8) is 0 Å². The van der Waals surface area contributed by atoms with Crippen LogP contribution in [0.2, 0.25) is 0 Å². The zero-order valence-corrected chi connectivity index (χ0v) is 12.9. The summed E-state index contributed by atoms with van der Waals surface area (Å²) in [6.45, 7) is 9.59. The van der Waals surface area contributed by atoms with Crippen LogP contribution in [-0.2, 0) is 6.42 Å². The number of rotatable bonds is 6. The van der Waals surface area contributed by atoms with Crippen LogP contribution in [0, 0.1) is 0 Å². The molecular formula is C18H25NO. The molecule has 1 N–H and O–H groups in total. The fourth-order valence-electron chi connectivity index (χ4n) is 2.40. The average Bonchev–Trinajstić information content (AvgIpc) is 2.93. The molecule has 0 amide bonds. The lowest BCUT2D eigenvalue weighted by Gasteiger charge is -2.17. The van der Waals surface area contributed by atoms with Crippen LogP contribution in [0.25, 0.3) is 0 Å². The van der Waals surface area contributed by atoms with E-state index < -0.39 is 0 Å². The number of hydrogen-bond acceptors (Lipinski definition) is 2. The van der Waals surface area contributed by atoms with Crippen molar-refractivity contribution >= 4 is 0 Å². The molecule has 20 heavy (non-hydrogen) atoms. The zero-order valence-electron chi connectivity index (χ0n) is 12.9. The molecule has 1 heterocycles. The van der Waals surface area contributed by atoms with Crippen LogP contribution in [0.15, 0.2) is 40.8 Å². The summed E-state index contributed by atoms with van der Waals surface area (Å²) in [5.41, 5.74) is 2.63. The van der Waals surface area contributed by atoms with Gasteiger partial charge in [0.15, 0.2) is 0 Å². The topological polar surface area (TPSA) is 25.2 Å². The van der Waals surface area contributed by atoms with Gasteiger partial charge in [-0.25, -0.2) is 0 Å². The maximum atomic E-state index is 5.92. The SMILES string of the molecule is CCNC(c1ccc(C(C)C)cc1)c1ccc(CC)o1. The van der Waals surface area contributed by atoms with E-state index in [4.69, 9.17) is 4.42 Å². The molecule has 2 nitrogen and oxygen atoms in total. The van der Waals surface area contributed by atoms with E-state index in [-0.39, 0.29) is 6.04 Å². The van der Waals surface area contributed by atoms with Crippen molar-refractivity contribution in [3.05, 3.63) is 59.0 Å². The highest BCUT2D eigenvalue weighted by Gasteiger charge is 2.16. The Morgan fingerprint density at radius 1 is 0.950 bits per heavy atom. The standard InChI is InChI=1S/C18H25NO/c1-5-16-11-12-17(20-16)18(19-6-2)15-9-7-14(8-10-15)13(3)4/h7-13,18-19H,5-6H2,1-4H3. The number of benzene rings is 1. The zero-order chi connectivity index (χ0) is 14.5. The van der Waals surface area contributed by atoms with E-state index in [0.29, 0.717) is 5.92 Å². The first-order valence-corrected chi connectivity index (χ1v) is 7.57. The summed E-state index contributed by atoms with van der Waals surface area (Å²) >= 11 is 0. The first-order valence-electron chi connectivity index (χ1n) is 7.57. The van der Waals surface area contributed by atoms with E-state index in [9.17, 15) is 0 Å². The predicted molar refractivity (Wildman–Crippen MR) is 84.1 cm³/mol. The van der Waals surface area contributed by atoms with Crippen LogP contribution >= 0.6 is 0 Å². The van der Waals surface area contributed by atoms with Gasteiger partial charge >= 0.3 is 0 Å². The maximum Gasteiger partial charge on any atom is 0.125 e. The minimum absolute atomic E-state index is 0.140. The Balaban J connectivity index is 2.27. The molecule has 1 aromatic carbocycles. The summed E-state index contributed by atoms with van der Waals surface area (Å²) in [4.78, 5) is 0. The van der Waals surface area contributed by atoms with Gasteiger partial charge in [-0.15, -0.1) is 0 Å². The Hall–Kier alpha value is -1.54. The maximum absolute atomic E-state index is 5.92. The molecule has 0 aliphatic heterocycles. The molecule has 1 aromatic heterocycles. The van der Waals surface area contributed by atoms with E-state index in [0.717, 1.165) is 24.5 Å². The summed E-state index contributed by atoms with van der Waals surface area (Å²) in [5, 5.41) is 3.51. The fraction of sp³-hybridized carbons (Fsp3) is 0.444. The van der Waals surface area contributed by atoms with E-state index in [1.807, 2.05) is 0 Å². The molecule has 0 fully saturated rings. The quantitative estimate of drug-likeness (QED) is 0.826. The molecule has 108 valence electrons. The summed E-state index contributed by atoms with van der Waals surface area (Å²) < 4.78 is 5.92. The van der Waals surface area contributed by atoms with Gasteiger partial charge in [0.2, 0.25) is 0 Å². The average molecular weight is 271 g/mol. The Bertz CT molecular complexity index is 525. The van der Waals surface area contributed by atoms with Crippen molar-refractivity contribution in [1.82, 2.24) is 5.32 Å². The van der Waals surface area contributed by atoms with Crippen LogP contribution in [0.1, 0.15) is 62.3 Å². The highest BCUT2D eigenvalue weighted by atomic mass is 16.3. The van der Waals surface area contributed by atoms with E-state index >= 15 is 0 Å². The second kappa shape index (κ2) is 6.76. The van der Waals surface area contributed by atoms with Crippen LogP contribution in [0.5, 0.6) is 0 Å². The Morgan fingerprint density at radius 2 is 1.60 bits per heavy atom. The molecule has 1 unspecified atom stereocenters. The minimum Gasteiger partial charge on any atom is -0.464 e. The van der Waals surface area contributed by atoms with Crippen molar-refractivity contribution < 1.29 is 4.42 Å². The molecule has 0 saturated carbocycles. The molecule has 0 spiro atoms. The first kappa shape index (κ1) is 14.9. The summed E-state index contributed by atoms with van der Waals surface area (Å²) in [6.07, 6.45) is 0.936. The lowest BCUT2D eigenvalue weighted by atomic mass is 9.98. The molecule has 0 bridgehead atoms. The normalized spacial score (nSPS) is 12.8. The molecule has 0 saturated heterocycles. The number of hydrogen-bond donors (Lipinski definition) is 1. The van der Waals surface area contributed by atoms with Gasteiger partial charge in [0, 0.05) is 6.42 Å². The number of aryl methyl sites for hydroxylation is 1. The first-order chi connectivity index (χ1) is 9.65. The highest BCUT2D eigenvalue weighted by molar-refractivity contribution is 5.31. The van der Waals surface area contributed by atoms with Crippen molar-refractivity contribution in [2.75, 3.05) is 6.54 Å². The van der Waals surface area contributed by atoms with Crippen LogP contribution < -0.4 is 5.32 Å². The third-order valence-corrected chi connectivity index (χ3v) is 3.66. The smallest absolute Gasteiger partial charge is 0.125 e. The Kier molecular flexibility index (Phi) is 5.02.